The van der Waals surface area contributed by atoms with Gasteiger partial charge in [0.1, 0.15) is 5.75 Å². The zero-order valence-corrected chi connectivity index (χ0v) is 22.4. The molecule has 2 amide bonds. The van der Waals surface area contributed by atoms with Crippen LogP contribution in [0.5, 0.6) is 5.75 Å². The number of carbonyl (C=O) groups is 2. The van der Waals surface area contributed by atoms with Gasteiger partial charge in [-0.2, -0.15) is 0 Å². The number of aliphatic imine (C=N–C) groups is 1. The average molecular weight is 551 g/mol. The van der Waals surface area contributed by atoms with Gasteiger partial charge in [-0.05, 0) is 70.2 Å². The summed E-state index contributed by atoms with van der Waals surface area (Å²) in [6.07, 6.45) is 1.79. The van der Waals surface area contributed by atoms with Gasteiger partial charge in [0.05, 0.1) is 22.7 Å². The third-order valence-electron chi connectivity index (χ3n) is 6.79. The summed E-state index contributed by atoms with van der Waals surface area (Å²) < 4.78 is 0.510. The first-order valence-electron chi connectivity index (χ1n) is 12.0. The van der Waals surface area contributed by atoms with Crippen molar-refractivity contribution in [2.75, 3.05) is 19.6 Å². The maximum atomic E-state index is 13.6. The normalized spacial score (nSPS) is 19.0. The van der Waals surface area contributed by atoms with Gasteiger partial charge >= 0.3 is 0 Å². The number of halogens is 1. The summed E-state index contributed by atoms with van der Waals surface area (Å²) in [5.41, 5.74) is 12.3. The third-order valence-corrected chi connectivity index (χ3v) is 7.46. The topological polar surface area (TPSA) is 99.2 Å². The molecule has 188 valence electrons. The molecule has 1 atom stereocenters. The highest BCUT2D eigenvalue weighted by atomic mass is 79.9. The van der Waals surface area contributed by atoms with Crippen LogP contribution in [0.4, 0.5) is 5.69 Å². The highest BCUT2D eigenvalue weighted by molar-refractivity contribution is 9.10. The van der Waals surface area contributed by atoms with E-state index in [1.165, 1.54) is 17.7 Å². The van der Waals surface area contributed by atoms with Gasteiger partial charge in [-0.1, -0.05) is 32.6 Å². The Morgan fingerprint density at radius 2 is 2.00 bits per heavy atom. The first-order valence-corrected chi connectivity index (χ1v) is 12.8. The maximum absolute atomic E-state index is 13.6. The number of nitrogens with zero attached hydrogens (tertiary/aromatic N) is 3. The maximum Gasteiger partial charge on any atom is 0.254 e. The summed E-state index contributed by atoms with van der Waals surface area (Å²) in [5.74, 6) is -0.0673. The number of benzene rings is 2. The fraction of sp³-hybridized carbons (Fsp3) is 0.321. The minimum atomic E-state index is -0.455. The molecule has 0 aromatic heterocycles. The van der Waals surface area contributed by atoms with Crippen LogP contribution in [0.1, 0.15) is 47.7 Å². The minimum Gasteiger partial charge on any atom is -0.507 e. The van der Waals surface area contributed by atoms with Gasteiger partial charge in [-0.15, -0.1) is 0 Å². The molecule has 0 aliphatic carbocycles. The quantitative estimate of drug-likeness (QED) is 0.533. The Balaban J connectivity index is 1.75. The van der Waals surface area contributed by atoms with Gasteiger partial charge < -0.3 is 20.6 Å². The fourth-order valence-corrected chi connectivity index (χ4v) is 5.04. The predicted octanol–water partition coefficient (Wildman–Crippen LogP) is 4.81. The Bertz CT molecular complexity index is 1300. The van der Waals surface area contributed by atoms with Crippen LogP contribution in [0.3, 0.4) is 0 Å². The first-order chi connectivity index (χ1) is 17.1. The van der Waals surface area contributed by atoms with Gasteiger partial charge in [0.15, 0.2) is 0 Å². The summed E-state index contributed by atoms with van der Waals surface area (Å²) in [6, 6.07) is 10.6. The van der Waals surface area contributed by atoms with E-state index in [2.05, 4.69) is 48.5 Å². The summed E-state index contributed by atoms with van der Waals surface area (Å²) in [4.78, 5) is 34.4. The minimum absolute atomic E-state index is 0.0113. The molecule has 1 saturated heterocycles. The molecular weight excluding hydrogens is 520 g/mol. The highest BCUT2D eigenvalue weighted by Gasteiger charge is 2.40. The van der Waals surface area contributed by atoms with Crippen molar-refractivity contribution in [3.05, 3.63) is 81.5 Å². The van der Waals surface area contributed by atoms with Crippen LogP contribution in [-0.2, 0) is 4.79 Å². The number of phenolic OH excluding ortho intramolecular Hbond substituents is 1. The number of aryl methyl sites for hydroxylation is 1. The van der Waals surface area contributed by atoms with Crippen LogP contribution >= 0.6 is 15.9 Å². The molecule has 3 N–H and O–H groups in total. The van der Waals surface area contributed by atoms with Crippen LogP contribution in [0.25, 0.3) is 0 Å². The Labute approximate surface area is 220 Å². The summed E-state index contributed by atoms with van der Waals surface area (Å²) in [7, 11) is 0. The molecular formula is C28H31BrN4O3. The Kier molecular flexibility index (Phi) is 7.36. The van der Waals surface area contributed by atoms with E-state index in [0.717, 1.165) is 22.5 Å². The Hall–Kier alpha value is -3.39. The van der Waals surface area contributed by atoms with E-state index < -0.39 is 6.04 Å². The van der Waals surface area contributed by atoms with Gasteiger partial charge in [-0.25, -0.2) is 0 Å². The van der Waals surface area contributed by atoms with E-state index in [0.29, 0.717) is 41.2 Å². The van der Waals surface area contributed by atoms with Crippen molar-refractivity contribution in [1.29, 1.82) is 0 Å². The first kappa shape index (κ1) is 25.7. The molecule has 2 aliphatic heterocycles. The second kappa shape index (κ2) is 10.3. The molecule has 0 bridgehead atoms. The molecule has 1 fully saturated rings. The smallest absolute Gasteiger partial charge is 0.254 e. The largest absolute Gasteiger partial charge is 0.507 e. The van der Waals surface area contributed by atoms with E-state index in [9.17, 15) is 14.7 Å². The molecule has 2 aliphatic rings. The number of hydrogen-bond donors (Lipinski definition) is 2. The fourth-order valence-electron chi connectivity index (χ4n) is 4.79. The lowest BCUT2D eigenvalue weighted by Gasteiger charge is -2.44. The summed E-state index contributed by atoms with van der Waals surface area (Å²) in [5, 5.41) is 10.1. The van der Waals surface area contributed by atoms with E-state index in [-0.39, 0.29) is 24.1 Å². The second-order valence-electron chi connectivity index (χ2n) is 9.55. The van der Waals surface area contributed by atoms with Crippen molar-refractivity contribution in [1.82, 2.24) is 9.80 Å². The van der Waals surface area contributed by atoms with E-state index in [1.54, 1.807) is 21.9 Å². The SMILES string of the molecule is C=CC(=O)N1CC(N)=C2C(=Nc3ccc(C(C)C)cc3C)CCN(C(=O)c3ccc(Br)c(O)c3)C2C1. The van der Waals surface area contributed by atoms with Crippen molar-refractivity contribution in [3.8, 4) is 5.75 Å². The van der Waals surface area contributed by atoms with Crippen LogP contribution < -0.4 is 5.73 Å². The van der Waals surface area contributed by atoms with Crippen molar-refractivity contribution in [2.45, 2.75) is 39.2 Å². The van der Waals surface area contributed by atoms with Crippen LogP contribution in [0.2, 0.25) is 0 Å². The molecule has 0 spiro atoms. The number of aromatic hydroxyl groups is 1. The summed E-state index contributed by atoms with van der Waals surface area (Å²) in [6.45, 7) is 10.9. The number of nitrogens with two attached hydrogens (primary N) is 1. The molecule has 2 aromatic rings. The lowest BCUT2D eigenvalue weighted by atomic mass is 9.87. The number of fused-ring (bicyclic) bond motifs is 1. The van der Waals surface area contributed by atoms with Crippen molar-refractivity contribution >= 4 is 39.1 Å². The zero-order chi connectivity index (χ0) is 26.1. The number of hydrogen-bond acceptors (Lipinski definition) is 5. The van der Waals surface area contributed by atoms with E-state index >= 15 is 0 Å². The van der Waals surface area contributed by atoms with Crippen molar-refractivity contribution < 1.29 is 14.7 Å². The number of carbonyl (C=O) groups excluding carboxylic acids is 2. The molecule has 0 radical (unpaired) electrons. The van der Waals surface area contributed by atoms with Gasteiger partial charge in [0.25, 0.3) is 5.91 Å². The van der Waals surface area contributed by atoms with E-state index in [4.69, 9.17) is 10.7 Å². The molecule has 0 saturated carbocycles. The molecule has 2 heterocycles. The van der Waals surface area contributed by atoms with Crippen molar-refractivity contribution in [2.24, 2.45) is 10.7 Å². The summed E-state index contributed by atoms with van der Waals surface area (Å²) >= 11 is 3.26. The second-order valence-corrected chi connectivity index (χ2v) is 10.4. The van der Waals surface area contributed by atoms with Crippen molar-refractivity contribution in [3.63, 3.8) is 0 Å². The average Bonchev–Trinajstić information content (AvgIpc) is 2.85. The standard InChI is InChI=1S/C28H31BrN4O3/c1-5-26(35)32-14-21(30)27-23(31-22-9-7-18(16(2)3)12-17(22)4)10-11-33(24(27)15-32)28(36)19-6-8-20(29)25(34)13-19/h5-9,12-13,16,24,34H,1,10-11,14-15,30H2,2-4H3. The van der Waals surface area contributed by atoms with Crippen LogP contribution in [0, 0.1) is 6.92 Å². The van der Waals surface area contributed by atoms with Gasteiger partial charge in [-0.3, -0.25) is 14.6 Å². The van der Waals surface area contributed by atoms with E-state index in [1.807, 2.05) is 13.0 Å². The Morgan fingerprint density at radius 3 is 2.64 bits per heavy atom. The van der Waals surface area contributed by atoms with Crippen LogP contribution in [0.15, 0.2) is 69.8 Å². The zero-order valence-electron chi connectivity index (χ0n) is 20.8. The van der Waals surface area contributed by atoms with Gasteiger partial charge in [0.2, 0.25) is 5.91 Å². The third kappa shape index (κ3) is 4.95. The molecule has 4 rings (SSSR count). The molecule has 1 unspecified atom stereocenters. The molecule has 7 nitrogen and oxygen atoms in total. The molecule has 36 heavy (non-hydrogen) atoms. The number of phenols is 1. The van der Waals surface area contributed by atoms with Crippen LogP contribution in [-0.4, -0.2) is 58.1 Å². The number of amides is 2. The number of likely N-dealkylation sites (tertiary alicyclic amines) is 1. The lowest BCUT2D eigenvalue weighted by Crippen LogP contribution is -2.57. The Morgan fingerprint density at radius 1 is 1.25 bits per heavy atom. The molecule has 8 heteroatoms. The number of piperidine rings is 1. The van der Waals surface area contributed by atoms with Gasteiger partial charge in [0, 0.05) is 42.1 Å². The number of rotatable bonds is 4. The lowest BCUT2D eigenvalue weighted by molar-refractivity contribution is -0.126. The highest BCUT2D eigenvalue weighted by Crippen LogP contribution is 2.33. The molecule has 2 aromatic carbocycles. The monoisotopic (exact) mass is 550 g/mol. The predicted molar refractivity (Wildman–Crippen MR) is 146 cm³/mol.